The number of carbonyl (C=O) groups is 2. The second-order valence-corrected chi connectivity index (χ2v) is 6.31. The first kappa shape index (κ1) is 17.5. The number of nitrogens with one attached hydrogen (secondary N) is 1. The van der Waals surface area contributed by atoms with E-state index in [2.05, 4.69) is 15.3 Å². The standard InChI is InChI=1S/C18H14N4O3S/c1-3-25-18(24)15-10(2)11(8-19)17(26-15)22-16(23)14-9-20-12-6-4-5-7-13(12)21-14/h4-7,9H,3H2,1-2H3,(H,22,23). The lowest BCUT2D eigenvalue weighted by molar-refractivity contribution is 0.0531. The highest BCUT2D eigenvalue weighted by molar-refractivity contribution is 7.18. The van der Waals surface area contributed by atoms with Crippen LogP contribution >= 0.6 is 11.3 Å². The van der Waals surface area contributed by atoms with Crippen LogP contribution in [0.2, 0.25) is 0 Å². The first-order chi connectivity index (χ1) is 12.5. The molecule has 0 unspecified atom stereocenters. The van der Waals surface area contributed by atoms with Crippen molar-refractivity contribution in [3.05, 3.63) is 52.2 Å². The summed E-state index contributed by atoms with van der Waals surface area (Å²) in [6, 6.07) is 9.22. The third-order valence-electron chi connectivity index (χ3n) is 3.63. The van der Waals surface area contributed by atoms with Crippen molar-refractivity contribution < 1.29 is 14.3 Å². The van der Waals surface area contributed by atoms with Crippen LogP contribution in [0.4, 0.5) is 5.00 Å². The topological polar surface area (TPSA) is 105 Å². The smallest absolute Gasteiger partial charge is 0.348 e. The van der Waals surface area contributed by atoms with Crippen molar-refractivity contribution in [2.75, 3.05) is 11.9 Å². The molecule has 0 saturated carbocycles. The Bertz CT molecular complexity index is 1050. The van der Waals surface area contributed by atoms with E-state index in [-0.39, 0.29) is 22.9 Å². The van der Waals surface area contributed by atoms with Gasteiger partial charge in [0.1, 0.15) is 21.6 Å². The molecular weight excluding hydrogens is 352 g/mol. The SMILES string of the molecule is CCOC(=O)c1sc(NC(=O)c2cnc3ccccc3n2)c(C#N)c1C. The molecule has 130 valence electrons. The molecule has 1 amide bonds. The van der Waals surface area contributed by atoms with Crippen LogP contribution in [0.25, 0.3) is 11.0 Å². The van der Waals surface area contributed by atoms with Crippen LogP contribution in [0.15, 0.2) is 30.5 Å². The predicted octanol–water partition coefficient (Wildman–Crippen LogP) is 3.30. The lowest BCUT2D eigenvalue weighted by atomic mass is 10.2. The normalized spacial score (nSPS) is 10.3. The van der Waals surface area contributed by atoms with Gasteiger partial charge in [-0.05, 0) is 31.5 Å². The van der Waals surface area contributed by atoms with E-state index in [0.717, 1.165) is 11.3 Å². The van der Waals surface area contributed by atoms with Crippen LogP contribution in [-0.4, -0.2) is 28.5 Å². The molecule has 0 atom stereocenters. The van der Waals surface area contributed by atoms with E-state index < -0.39 is 11.9 Å². The summed E-state index contributed by atoms with van der Waals surface area (Å²) < 4.78 is 4.99. The van der Waals surface area contributed by atoms with Gasteiger partial charge in [-0.1, -0.05) is 12.1 Å². The summed E-state index contributed by atoms with van der Waals surface area (Å²) in [5.74, 6) is -1.02. The molecule has 2 aromatic heterocycles. The number of hydrogen-bond acceptors (Lipinski definition) is 7. The molecule has 26 heavy (non-hydrogen) atoms. The van der Waals surface area contributed by atoms with E-state index in [0.29, 0.717) is 21.5 Å². The van der Waals surface area contributed by atoms with Crippen molar-refractivity contribution in [3.8, 4) is 6.07 Å². The molecule has 8 heteroatoms. The van der Waals surface area contributed by atoms with Crippen molar-refractivity contribution in [1.29, 1.82) is 5.26 Å². The highest BCUT2D eigenvalue weighted by Crippen LogP contribution is 2.33. The minimum atomic E-state index is -0.516. The van der Waals surface area contributed by atoms with Gasteiger partial charge in [-0.15, -0.1) is 11.3 Å². The predicted molar refractivity (Wildman–Crippen MR) is 97.2 cm³/mol. The minimum Gasteiger partial charge on any atom is -0.462 e. The van der Waals surface area contributed by atoms with Crippen molar-refractivity contribution in [1.82, 2.24) is 9.97 Å². The van der Waals surface area contributed by atoms with Crippen LogP contribution < -0.4 is 5.32 Å². The van der Waals surface area contributed by atoms with Gasteiger partial charge in [-0.3, -0.25) is 9.78 Å². The molecule has 0 aliphatic rings. The highest BCUT2D eigenvalue weighted by atomic mass is 32.1. The van der Waals surface area contributed by atoms with E-state index in [9.17, 15) is 14.9 Å². The molecule has 0 aliphatic carbocycles. The van der Waals surface area contributed by atoms with Gasteiger partial charge in [-0.25, -0.2) is 9.78 Å². The number of hydrogen-bond donors (Lipinski definition) is 1. The fourth-order valence-corrected chi connectivity index (χ4v) is 3.41. The third kappa shape index (κ3) is 3.25. The van der Waals surface area contributed by atoms with Crippen molar-refractivity contribution in [3.63, 3.8) is 0 Å². The Morgan fingerprint density at radius 3 is 2.73 bits per heavy atom. The molecule has 0 radical (unpaired) electrons. The number of nitrogens with zero attached hydrogens (tertiary/aromatic N) is 3. The Hall–Kier alpha value is -3.31. The summed E-state index contributed by atoms with van der Waals surface area (Å²) in [5.41, 5.74) is 2.11. The van der Waals surface area contributed by atoms with Crippen molar-refractivity contribution in [2.45, 2.75) is 13.8 Å². The van der Waals surface area contributed by atoms with Crippen molar-refractivity contribution in [2.24, 2.45) is 0 Å². The highest BCUT2D eigenvalue weighted by Gasteiger charge is 2.23. The van der Waals surface area contributed by atoms with Gasteiger partial charge < -0.3 is 10.1 Å². The Kier molecular flexibility index (Phi) is 4.91. The van der Waals surface area contributed by atoms with Gasteiger partial charge in [-0.2, -0.15) is 5.26 Å². The Morgan fingerprint density at radius 1 is 1.31 bits per heavy atom. The molecule has 3 aromatic rings. The molecule has 0 fully saturated rings. The summed E-state index contributed by atoms with van der Waals surface area (Å²) in [7, 11) is 0. The molecule has 0 saturated heterocycles. The number of amides is 1. The fourth-order valence-electron chi connectivity index (χ4n) is 2.36. The number of para-hydroxylation sites is 2. The molecule has 0 aliphatic heterocycles. The van der Waals surface area contributed by atoms with Gasteiger partial charge in [0.05, 0.1) is 29.4 Å². The molecule has 0 bridgehead atoms. The monoisotopic (exact) mass is 366 g/mol. The summed E-state index contributed by atoms with van der Waals surface area (Å²) >= 11 is 1.01. The lowest BCUT2D eigenvalue weighted by Gasteiger charge is -2.03. The Labute approximate surface area is 153 Å². The number of esters is 1. The van der Waals surface area contributed by atoms with Crippen LogP contribution in [0.5, 0.6) is 0 Å². The quantitative estimate of drug-likeness (QED) is 0.710. The number of aromatic nitrogens is 2. The number of carbonyl (C=O) groups excluding carboxylic acids is 2. The lowest BCUT2D eigenvalue weighted by Crippen LogP contribution is -2.14. The summed E-state index contributed by atoms with van der Waals surface area (Å²) in [6.07, 6.45) is 1.37. The molecule has 1 N–H and O–H groups in total. The second kappa shape index (κ2) is 7.29. The number of thiophene rings is 1. The second-order valence-electron chi connectivity index (χ2n) is 5.29. The maximum Gasteiger partial charge on any atom is 0.348 e. The zero-order valence-electron chi connectivity index (χ0n) is 14.1. The number of nitriles is 1. The van der Waals surface area contributed by atoms with Crippen LogP contribution in [-0.2, 0) is 4.74 Å². The van der Waals surface area contributed by atoms with Crippen LogP contribution in [0, 0.1) is 18.3 Å². The molecule has 1 aromatic carbocycles. The molecule has 3 rings (SSSR count). The summed E-state index contributed by atoms with van der Waals surface area (Å²) in [5, 5.41) is 12.3. The maximum absolute atomic E-state index is 12.5. The maximum atomic E-state index is 12.5. The largest absolute Gasteiger partial charge is 0.462 e. The summed E-state index contributed by atoms with van der Waals surface area (Å²) in [4.78, 5) is 33.3. The number of fused-ring (bicyclic) bond motifs is 1. The van der Waals surface area contributed by atoms with Gasteiger partial charge in [0.25, 0.3) is 5.91 Å². The third-order valence-corrected chi connectivity index (χ3v) is 4.81. The molecule has 2 heterocycles. The van der Waals surface area contributed by atoms with E-state index in [1.165, 1.54) is 6.20 Å². The number of rotatable bonds is 4. The number of ether oxygens (including phenoxy) is 1. The zero-order valence-corrected chi connectivity index (χ0v) is 14.9. The van der Waals surface area contributed by atoms with Crippen LogP contribution in [0.1, 0.15) is 38.2 Å². The first-order valence-corrected chi connectivity index (χ1v) is 8.60. The number of anilines is 1. The Balaban J connectivity index is 1.92. The minimum absolute atomic E-state index is 0.122. The van der Waals surface area contributed by atoms with Gasteiger partial charge in [0, 0.05) is 0 Å². The zero-order chi connectivity index (χ0) is 18.7. The Morgan fingerprint density at radius 2 is 2.04 bits per heavy atom. The van der Waals surface area contributed by atoms with E-state index in [1.54, 1.807) is 32.0 Å². The van der Waals surface area contributed by atoms with E-state index in [1.807, 2.05) is 12.1 Å². The van der Waals surface area contributed by atoms with Gasteiger partial charge >= 0.3 is 5.97 Å². The summed E-state index contributed by atoms with van der Waals surface area (Å²) in [6.45, 7) is 3.58. The van der Waals surface area contributed by atoms with Crippen LogP contribution in [0.3, 0.4) is 0 Å². The van der Waals surface area contributed by atoms with Crippen molar-refractivity contribution >= 4 is 39.2 Å². The molecular formula is C18H14N4O3S. The average molecular weight is 366 g/mol. The molecule has 7 nitrogen and oxygen atoms in total. The van der Waals surface area contributed by atoms with Gasteiger partial charge in [0.2, 0.25) is 0 Å². The van der Waals surface area contributed by atoms with Gasteiger partial charge in [0.15, 0.2) is 0 Å². The molecule has 0 spiro atoms. The number of benzene rings is 1. The van der Waals surface area contributed by atoms with E-state index >= 15 is 0 Å². The first-order valence-electron chi connectivity index (χ1n) is 7.79. The fraction of sp³-hybridized carbons (Fsp3) is 0.167. The average Bonchev–Trinajstić information content (AvgIpc) is 2.96. The van der Waals surface area contributed by atoms with E-state index in [4.69, 9.17) is 4.74 Å².